The third kappa shape index (κ3) is 4.94. The van der Waals surface area contributed by atoms with Crippen LogP contribution in [0, 0.1) is 6.92 Å². The van der Waals surface area contributed by atoms with Crippen LogP contribution in [0.4, 0.5) is 11.5 Å². The number of amides is 1. The molecule has 0 aliphatic carbocycles. The van der Waals surface area contributed by atoms with Gasteiger partial charge in [0.25, 0.3) is 5.91 Å². The molecular weight excluding hydrogens is 348 g/mol. The van der Waals surface area contributed by atoms with E-state index in [4.69, 9.17) is 0 Å². The molecule has 144 valence electrons. The van der Waals surface area contributed by atoms with Gasteiger partial charge in [0.2, 0.25) is 0 Å². The molecule has 5 heteroatoms. The fourth-order valence-electron chi connectivity index (χ4n) is 2.98. The van der Waals surface area contributed by atoms with E-state index in [0.29, 0.717) is 12.4 Å². The Bertz CT molecular complexity index is 959. The molecule has 1 amide bonds. The van der Waals surface area contributed by atoms with E-state index >= 15 is 0 Å². The normalized spacial score (nSPS) is 11.1. The van der Waals surface area contributed by atoms with Crippen LogP contribution in [-0.2, 0) is 12.0 Å². The van der Waals surface area contributed by atoms with Gasteiger partial charge in [-0.05, 0) is 29.5 Å². The van der Waals surface area contributed by atoms with E-state index in [-0.39, 0.29) is 17.0 Å². The number of hydrogen-bond donors (Lipinski definition) is 2. The quantitative estimate of drug-likeness (QED) is 0.663. The topological polar surface area (TPSA) is 66.9 Å². The summed E-state index contributed by atoms with van der Waals surface area (Å²) >= 11 is 0. The van der Waals surface area contributed by atoms with Crippen molar-refractivity contribution in [3.05, 3.63) is 83.3 Å². The minimum Gasteiger partial charge on any atom is -0.365 e. The Morgan fingerprint density at radius 2 is 1.79 bits per heavy atom. The number of aromatic nitrogens is 2. The molecule has 0 aliphatic heterocycles. The summed E-state index contributed by atoms with van der Waals surface area (Å²) in [4.78, 5) is 21.2. The number of carbonyl (C=O) groups excluding carboxylic acids is 1. The standard InChI is InChI=1S/C23H26N4O/c1-16-8-7-9-17(12-16)13-25-21-15-24-20(14-26-21)22(28)27-19-11-6-5-10-18(19)23(2,3)4/h5-12,14-15H,13H2,1-4H3,(H,25,26)(H,27,28). The van der Waals surface area contributed by atoms with Crippen molar-refractivity contribution in [1.29, 1.82) is 0 Å². The summed E-state index contributed by atoms with van der Waals surface area (Å²) in [5.74, 6) is 0.364. The predicted molar refractivity (Wildman–Crippen MR) is 114 cm³/mol. The molecule has 0 saturated carbocycles. The molecule has 0 aliphatic rings. The Labute approximate surface area is 166 Å². The molecule has 0 fully saturated rings. The molecule has 2 aromatic carbocycles. The number of rotatable bonds is 5. The Morgan fingerprint density at radius 1 is 1.00 bits per heavy atom. The summed E-state index contributed by atoms with van der Waals surface area (Å²) in [7, 11) is 0. The van der Waals surface area contributed by atoms with Crippen molar-refractivity contribution in [1.82, 2.24) is 9.97 Å². The zero-order valence-electron chi connectivity index (χ0n) is 16.8. The highest BCUT2D eigenvalue weighted by molar-refractivity contribution is 6.03. The van der Waals surface area contributed by atoms with Crippen LogP contribution in [0.15, 0.2) is 60.9 Å². The fraction of sp³-hybridized carbons (Fsp3) is 0.261. The molecule has 3 aromatic rings. The number of carbonyl (C=O) groups is 1. The van der Waals surface area contributed by atoms with Crippen LogP contribution in [0.1, 0.15) is 48.0 Å². The average molecular weight is 374 g/mol. The SMILES string of the molecule is Cc1cccc(CNc2cnc(C(=O)Nc3ccccc3C(C)(C)C)cn2)c1. The number of hydrogen-bond acceptors (Lipinski definition) is 4. The van der Waals surface area contributed by atoms with Crippen LogP contribution in [-0.4, -0.2) is 15.9 Å². The largest absolute Gasteiger partial charge is 0.365 e. The maximum absolute atomic E-state index is 12.6. The number of nitrogens with one attached hydrogen (secondary N) is 2. The summed E-state index contributed by atoms with van der Waals surface area (Å²) < 4.78 is 0. The third-order valence-corrected chi connectivity index (χ3v) is 4.42. The Hall–Kier alpha value is -3.21. The van der Waals surface area contributed by atoms with Crippen molar-refractivity contribution in [2.75, 3.05) is 10.6 Å². The lowest BCUT2D eigenvalue weighted by Crippen LogP contribution is -2.19. The molecule has 0 radical (unpaired) electrons. The van der Waals surface area contributed by atoms with Crippen molar-refractivity contribution >= 4 is 17.4 Å². The minimum absolute atomic E-state index is 0.0703. The highest BCUT2D eigenvalue weighted by Gasteiger charge is 2.19. The molecule has 0 atom stereocenters. The van der Waals surface area contributed by atoms with Gasteiger partial charge in [0.05, 0.1) is 12.4 Å². The zero-order valence-corrected chi connectivity index (χ0v) is 16.8. The monoisotopic (exact) mass is 374 g/mol. The Balaban J connectivity index is 1.66. The van der Waals surface area contributed by atoms with Crippen LogP contribution in [0.3, 0.4) is 0 Å². The molecule has 5 nitrogen and oxygen atoms in total. The number of nitrogens with zero attached hydrogens (tertiary/aromatic N) is 2. The molecule has 3 rings (SSSR count). The van der Waals surface area contributed by atoms with E-state index in [9.17, 15) is 4.79 Å². The average Bonchev–Trinajstić information content (AvgIpc) is 2.66. The molecule has 0 spiro atoms. The molecule has 1 heterocycles. The molecule has 2 N–H and O–H groups in total. The third-order valence-electron chi connectivity index (χ3n) is 4.42. The van der Waals surface area contributed by atoms with Gasteiger partial charge in [0.1, 0.15) is 11.5 Å². The first-order chi connectivity index (χ1) is 13.3. The van der Waals surface area contributed by atoms with E-state index in [1.807, 2.05) is 30.3 Å². The highest BCUT2D eigenvalue weighted by atomic mass is 16.1. The molecule has 28 heavy (non-hydrogen) atoms. The van der Waals surface area contributed by atoms with Crippen molar-refractivity contribution in [3.8, 4) is 0 Å². The van der Waals surface area contributed by atoms with Gasteiger partial charge in [0, 0.05) is 12.2 Å². The number of aryl methyl sites for hydroxylation is 1. The van der Waals surface area contributed by atoms with E-state index < -0.39 is 0 Å². The number of anilines is 2. The second kappa shape index (κ2) is 8.21. The first-order valence-electron chi connectivity index (χ1n) is 9.35. The Morgan fingerprint density at radius 3 is 2.46 bits per heavy atom. The summed E-state index contributed by atoms with van der Waals surface area (Å²) in [6.45, 7) is 9.07. The van der Waals surface area contributed by atoms with Crippen LogP contribution in [0.5, 0.6) is 0 Å². The van der Waals surface area contributed by atoms with Crippen LogP contribution < -0.4 is 10.6 Å². The van der Waals surface area contributed by atoms with Crippen LogP contribution in [0.25, 0.3) is 0 Å². The maximum atomic E-state index is 12.6. The number of para-hydroxylation sites is 1. The zero-order chi connectivity index (χ0) is 20.1. The second-order valence-electron chi connectivity index (χ2n) is 7.88. The van der Waals surface area contributed by atoms with Crippen molar-refractivity contribution in [2.45, 2.75) is 39.7 Å². The Kier molecular flexibility index (Phi) is 5.73. The summed E-state index contributed by atoms with van der Waals surface area (Å²) in [5.41, 5.74) is 4.47. The first kappa shape index (κ1) is 19.5. The molecule has 0 unspecified atom stereocenters. The van der Waals surface area contributed by atoms with Gasteiger partial charge in [-0.15, -0.1) is 0 Å². The van der Waals surface area contributed by atoms with Gasteiger partial charge >= 0.3 is 0 Å². The predicted octanol–water partition coefficient (Wildman–Crippen LogP) is 4.95. The number of benzene rings is 2. The fourth-order valence-corrected chi connectivity index (χ4v) is 2.98. The van der Waals surface area contributed by atoms with Gasteiger partial charge < -0.3 is 10.6 Å². The smallest absolute Gasteiger partial charge is 0.275 e. The van der Waals surface area contributed by atoms with Gasteiger partial charge in [0.15, 0.2) is 0 Å². The minimum atomic E-state index is -0.269. The lowest BCUT2D eigenvalue weighted by molar-refractivity contribution is 0.102. The first-order valence-corrected chi connectivity index (χ1v) is 9.35. The summed E-state index contributed by atoms with van der Waals surface area (Å²) in [5, 5.41) is 6.18. The molecule has 0 saturated heterocycles. The van der Waals surface area contributed by atoms with Crippen molar-refractivity contribution < 1.29 is 4.79 Å². The van der Waals surface area contributed by atoms with Crippen LogP contribution in [0.2, 0.25) is 0 Å². The molecule has 0 bridgehead atoms. The molecular formula is C23H26N4O. The summed E-state index contributed by atoms with van der Waals surface area (Å²) in [6, 6.07) is 16.1. The van der Waals surface area contributed by atoms with Gasteiger partial charge in [-0.3, -0.25) is 4.79 Å². The van der Waals surface area contributed by atoms with E-state index in [0.717, 1.165) is 11.3 Å². The molecule has 1 aromatic heterocycles. The van der Waals surface area contributed by atoms with E-state index in [1.54, 1.807) is 6.20 Å². The highest BCUT2D eigenvalue weighted by Crippen LogP contribution is 2.29. The van der Waals surface area contributed by atoms with Crippen molar-refractivity contribution in [3.63, 3.8) is 0 Å². The maximum Gasteiger partial charge on any atom is 0.275 e. The van der Waals surface area contributed by atoms with Crippen LogP contribution >= 0.6 is 0 Å². The van der Waals surface area contributed by atoms with E-state index in [1.165, 1.54) is 17.3 Å². The van der Waals surface area contributed by atoms with Gasteiger partial charge in [-0.2, -0.15) is 0 Å². The lowest BCUT2D eigenvalue weighted by Gasteiger charge is -2.22. The summed E-state index contributed by atoms with van der Waals surface area (Å²) in [6.07, 6.45) is 3.08. The van der Waals surface area contributed by atoms with Gasteiger partial charge in [-0.25, -0.2) is 9.97 Å². The van der Waals surface area contributed by atoms with Gasteiger partial charge in [-0.1, -0.05) is 68.8 Å². The van der Waals surface area contributed by atoms with Crippen molar-refractivity contribution in [2.24, 2.45) is 0 Å². The second-order valence-corrected chi connectivity index (χ2v) is 7.88. The lowest BCUT2D eigenvalue weighted by atomic mass is 9.86. The van der Waals surface area contributed by atoms with E-state index in [2.05, 4.69) is 66.5 Å².